The van der Waals surface area contributed by atoms with Gasteiger partial charge in [0.1, 0.15) is 6.61 Å². The lowest BCUT2D eigenvalue weighted by molar-refractivity contribution is 0.0782. The minimum absolute atomic E-state index is 0.0671. The smallest absolute Gasteiger partial charge is 0.188 e. The number of carbonyl (C=O) groups excluding carboxylic acids is 1. The molecule has 0 atom stereocenters. The number of aryl methyl sites for hydroxylation is 3. The molecule has 1 aromatic carbocycles. The van der Waals surface area contributed by atoms with Crippen molar-refractivity contribution in [2.45, 2.75) is 27.7 Å². The Hall–Kier alpha value is -1.15. The summed E-state index contributed by atoms with van der Waals surface area (Å²) in [6.45, 7) is 8.69. The molecular formula is C13H18O2. The fourth-order valence-electron chi connectivity index (χ4n) is 1.53. The van der Waals surface area contributed by atoms with Crippen molar-refractivity contribution in [2.24, 2.45) is 0 Å². The number of carbonyl (C=O) groups is 1. The number of hydrogen-bond donors (Lipinski definition) is 0. The van der Waals surface area contributed by atoms with Gasteiger partial charge in [0.2, 0.25) is 0 Å². The van der Waals surface area contributed by atoms with Gasteiger partial charge in [-0.2, -0.15) is 0 Å². The van der Waals surface area contributed by atoms with Crippen LogP contribution in [0.4, 0.5) is 0 Å². The quantitative estimate of drug-likeness (QED) is 0.708. The molecule has 0 saturated carbocycles. The van der Waals surface area contributed by atoms with Gasteiger partial charge < -0.3 is 4.74 Å². The predicted molar refractivity (Wildman–Crippen MR) is 61.5 cm³/mol. The van der Waals surface area contributed by atoms with Crippen molar-refractivity contribution in [2.75, 3.05) is 13.2 Å². The maximum atomic E-state index is 11.8. The molecule has 1 aromatic rings. The second kappa shape index (κ2) is 5.08. The van der Waals surface area contributed by atoms with Crippen LogP contribution in [0.3, 0.4) is 0 Å². The van der Waals surface area contributed by atoms with Crippen LogP contribution in [0.5, 0.6) is 0 Å². The average Bonchev–Trinajstić information content (AvgIpc) is 2.20. The van der Waals surface area contributed by atoms with Gasteiger partial charge in [-0.1, -0.05) is 6.07 Å². The van der Waals surface area contributed by atoms with Crippen molar-refractivity contribution < 1.29 is 9.53 Å². The van der Waals surface area contributed by atoms with Crippen LogP contribution in [-0.2, 0) is 4.74 Å². The fraction of sp³-hybridized carbons (Fsp3) is 0.462. The summed E-state index contributed by atoms with van der Waals surface area (Å²) in [5.41, 5.74) is 4.19. The Morgan fingerprint density at radius 1 is 1.13 bits per heavy atom. The second-order valence-corrected chi connectivity index (χ2v) is 3.81. The summed E-state index contributed by atoms with van der Waals surface area (Å²) in [6, 6.07) is 4.00. The predicted octanol–water partition coefficient (Wildman–Crippen LogP) is 2.83. The SMILES string of the molecule is CCOCC(=O)c1cc(C)c(C)cc1C. The van der Waals surface area contributed by atoms with Gasteiger partial charge in [0.15, 0.2) is 5.78 Å². The second-order valence-electron chi connectivity index (χ2n) is 3.81. The van der Waals surface area contributed by atoms with Crippen LogP contribution in [0, 0.1) is 20.8 Å². The van der Waals surface area contributed by atoms with Gasteiger partial charge in [-0.05, 0) is 50.5 Å². The van der Waals surface area contributed by atoms with Crippen LogP contribution in [-0.4, -0.2) is 19.0 Å². The summed E-state index contributed by atoms with van der Waals surface area (Å²) in [5, 5.41) is 0. The molecule has 0 bridgehead atoms. The van der Waals surface area contributed by atoms with Crippen LogP contribution in [0.1, 0.15) is 34.0 Å². The average molecular weight is 206 g/mol. The molecule has 0 radical (unpaired) electrons. The lowest BCUT2D eigenvalue weighted by Crippen LogP contribution is -2.11. The number of ether oxygens (including phenoxy) is 1. The molecule has 15 heavy (non-hydrogen) atoms. The summed E-state index contributed by atoms with van der Waals surface area (Å²) < 4.78 is 5.13. The first-order valence-electron chi connectivity index (χ1n) is 5.25. The number of benzene rings is 1. The van der Waals surface area contributed by atoms with Crippen LogP contribution in [0.15, 0.2) is 12.1 Å². The molecule has 0 aliphatic rings. The van der Waals surface area contributed by atoms with Crippen LogP contribution < -0.4 is 0 Å². The third kappa shape index (κ3) is 2.90. The van der Waals surface area contributed by atoms with Crippen molar-refractivity contribution in [3.63, 3.8) is 0 Å². The Labute approximate surface area is 91.3 Å². The minimum atomic E-state index is 0.0671. The highest BCUT2D eigenvalue weighted by atomic mass is 16.5. The molecule has 0 aromatic heterocycles. The van der Waals surface area contributed by atoms with E-state index in [9.17, 15) is 4.79 Å². The van der Waals surface area contributed by atoms with Crippen molar-refractivity contribution in [3.05, 3.63) is 34.4 Å². The van der Waals surface area contributed by atoms with E-state index in [2.05, 4.69) is 13.0 Å². The van der Waals surface area contributed by atoms with E-state index in [1.807, 2.05) is 26.8 Å². The molecule has 0 N–H and O–H groups in total. The summed E-state index contributed by atoms with van der Waals surface area (Å²) in [4.78, 5) is 11.8. The summed E-state index contributed by atoms with van der Waals surface area (Å²) in [6.07, 6.45) is 0. The van der Waals surface area contributed by atoms with E-state index >= 15 is 0 Å². The van der Waals surface area contributed by atoms with Crippen LogP contribution >= 0.6 is 0 Å². The molecule has 0 amide bonds. The van der Waals surface area contributed by atoms with Crippen molar-refractivity contribution >= 4 is 5.78 Å². The zero-order valence-electron chi connectivity index (χ0n) is 9.89. The summed E-state index contributed by atoms with van der Waals surface area (Å²) in [7, 11) is 0. The van der Waals surface area contributed by atoms with Gasteiger partial charge in [-0.25, -0.2) is 0 Å². The number of Topliss-reactive ketones (excluding diaryl/α,β-unsaturated/α-hetero) is 1. The van der Waals surface area contributed by atoms with E-state index in [1.165, 1.54) is 5.56 Å². The zero-order chi connectivity index (χ0) is 11.4. The van der Waals surface area contributed by atoms with E-state index in [0.29, 0.717) is 6.61 Å². The summed E-state index contributed by atoms with van der Waals surface area (Å²) in [5.74, 6) is 0.0671. The van der Waals surface area contributed by atoms with E-state index in [-0.39, 0.29) is 12.4 Å². The van der Waals surface area contributed by atoms with Crippen LogP contribution in [0.2, 0.25) is 0 Å². The normalized spacial score (nSPS) is 10.4. The molecule has 2 heteroatoms. The Morgan fingerprint density at radius 3 is 2.33 bits per heavy atom. The molecule has 1 rings (SSSR count). The van der Waals surface area contributed by atoms with Gasteiger partial charge in [-0.3, -0.25) is 4.79 Å². The van der Waals surface area contributed by atoms with E-state index in [1.54, 1.807) is 0 Å². The first-order valence-corrected chi connectivity index (χ1v) is 5.25. The first kappa shape index (κ1) is 11.9. The van der Waals surface area contributed by atoms with E-state index in [0.717, 1.165) is 16.7 Å². The maximum absolute atomic E-state index is 11.8. The van der Waals surface area contributed by atoms with Crippen LogP contribution in [0.25, 0.3) is 0 Å². The van der Waals surface area contributed by atoms with Crippen molar-refractivity contribution in [1.82, 2.24) is 0 Å². The largest absolute Gasteiger partial charge is 0.374 e. The van der Waals surface area contributed by atoms with Gasteiger partial charge >= 0.3 is 0 Å². The molecule has 0 unspecified atom stereocenters. The van der Waals surface area contributed by atoms with Gasteiger partial charge in [0.25, 0.3) is 0 Å². The van der Waals surface area contributed by atoms with E-state index < -0.39 is 0 Å². The highest BCUT2D eigenvalue weighted by molar-refractivity contribution is 5.98. The molecule has 0 spiro atoms. The lowest BCUT2D eigenvalue weighted by atomic mass is 9.98. The standard InChI is InChI=1S/C13H18O2/c1-5-15-8-13(14)12-7-10(3)9(2)6-11(12)4/h6-7H,5,8H2,1-4H3. The third-order valence-electron chi connectivity index (χ3n) is 2.58. The number of ketones is 1. The molecule has 82 valence electrons. The molecule has 0 aliphatic heterocycles. The molecule has 0 heterocycles. The topological polar surface area (TPSA) is 26.3 Å². The van der Waals surface area contributed by atoms with Crippen molar-refractivity contribution in [3.8, 4) is 0 Å². The zero-order valence-corrected chi connectivity index (χ0v) is 9.89. The first-order chi connectivity index (χ1) is 7.06. The Morgan fingerprint density at radius 2 is 1.73 bits per heavy atom. The number of hydrogen-bond acceptors (Lipinski definition) is 2. The lowest BCUT2D eigenvalue weighted by Gasteiger charge is -2.08. The maximum Gasteiger partial charge on any atom is 0.188 e. The van der Waals surface area contributed by atoms with Crippen molar-refractivity contribution in [1.29, 1.82) is 0 Å². The van der Waals surface area contributed by atoms with Gasteiger partial charge in [0.05, 0.1) is 0 Å². The molecule has 0 saturated heterocycles. The molecule has 0 fully saturated rings. The molecule has 2 nitrogen and oxygen atoms in total. The monoisotopic (exact) mass is 206 g/mol. The van der Waals surface area contributed by atoms with Gasteiger partial charge in [-0.15, -0.1) is 0 Å². The highest BCUT2D eigenvalue weighted by Crippen LogP contribution is 2.15. The number of rotatable bonds is 4. The Bertz CT molecular complexity index is 367. The fourth-order valence-corrected chi connectivity index (χ4v) is 1.53. The molecular weight excluding hydrogens is 188 g/mol. The van der Waals surface area contributed by atoms with E-state index in [4.69, 9.17) is 4.74 Å². The minimum Gasteiger partial charge on any atom is -0.374 e. The Balaban J connectivity index is 2.94. The third-order valence-corrected chi connectivity index (χ3v) is 2.58. The molecule has 0 aliphatic carbocycles. The Kier molecular flexibility index (Phi) is 4.04. The van der Waals surface area contributed by atoms with Gasteiger partial charge in [0, 0.05) is 12.2 Å². The highest BCUT2D eigenvalue weighted by Gasteiger charge is 2.10. The summed E-state index contributed by atoms with van der Waals surface area (Å²) >= 11 is 0.